The van der Waals surface area contributed by atoms with E-state index in [1.807, 2.05) is 6.92 Å². The minimum Gasteiger partial charge on any atom is -0.300 e. The molecule has 0 N–H and O–H groups in total. The number of hydrogen-bond acceptors (Lipinski definition) is 1. The third-order valence-corrected chi connectivity index (χ3v) is 3.32. The molecule has 0 radical (unpaired) electrons. The summed E-state index contributed by atoms with van der Waals surface area (Å²) in [6.07, 6.45) is 1.39. The van der Waals surface area contributed by atoms with Gasteiger partial charge in [0.2, 0.25) is 0 Å². The van der Waals surface area contributed by atoms with Crippen molar-refractivity contribution in [2.45, 2.75) is 26.7 Å². The topological polar surface area (TPSA) is 17.1 Å². The van der Waals surface area contributed by atoms with Crippen molar-refractivity contribution in [3.8, 4) is 0 Å². The van der Waals surface area contributed by atoms with E-state index in [1.165, 1.54) is 12.1 Å². The Bertz CT molecular complexity index is 363. The highest BCUT2D eigenvalue weighted by molar-refractivity contribution is 9.10. The van der Waals surface area contributed by atoms with E-state index in [1.54, 1.807) is 13.0 Å². The predicted molar refractivity (Wildman–Crippen MR) is 62.3 cm³/mol. The summed E-state index contributed by atoms with van der Waals surface area (Å²) >= 11 is 3.36. The fourth-order valence-electron chi connectivity index (χ4n) is 1.54. The molecule has 3 heteroatoms. The van der Waals surface area contributed by atoms with Crippen molar-refractivity contribution < 1.29 is 9.18 Å². The minimum atomic E-state index is -0.258. The highest BCUT2D eigenvalue weighted by Gasteiger charge is 2.14. The molecule has 0 amide bonds. The molecular formula is C12H14BrFO. The number of carbonyl (C=O) groups excluding carboxylic acids is 1. The van der Waals surface area contributed by atoms with Crippen LogP contribution < -0.4 is 0 Å². The van der Waals surface area contributed by atoms with Crippen LogP contribution in [0.2, 0.25) is 0 Å². The quantitative estimate of drug-likeness (QED) is 0.816. The number of rotatable bonds is 4. The first-order chi connectivity index (χ1) is 7.04. The number of halogens is 2. The van der Waals surface area contributed by atoms with Crippen molar-refractivity contribution in [3.63, 3.8) is 0 Å². The van der Waals surface area contributed by atoms with E-state index >= 15 is 0 Å². The molecule has 1 atom stereocenters. The van der Waals surface area contributed by atoms with Gasteiger partial charge in [-0.15, -0.1) is 0 Å². The zero-order chi connectivity index (χ0) is 11.4. The van der Waals surface area contributed by atoms with E-state index in [0.29, 0.717) is 6.42 Å². The zero-order valence-corrected chi connectivity index (χ0v) is 10.5. The Balaban J connectivity index is 2.87. The van der Waals surface area contributed by atoms with Gasteiger partial charge in [-0.3, -0.25) is 4.79 Å². The van der Waals surface area contributed by atoms with Crippen LogP contribution in [0.25, 0.3) is 0 Å². The molecule has 82 valence electrons. The Morgan fingerprint density at radius 2 is 2.20 bits per heavy atom. The van der Waals surface area contributed by atoms with Gasteiger partial charge >= 0.3 is 0 Å². The lowest BCUT2D eigenvalue weighted by Gasteiger charge is -2.12. The smallest absolute Gasteiger partial charge is 0.133 e. The summed E-state index contributed by atoms with van der Waals surface area (Å²) in [5.41, 5.74) is 0.858. The van der Waals surface area contributed by atoms with Crippen LogP contribution in [-0.2, 0) is 11.2 Å². The van der Waals surface area contributed by atoms with Crippen molar-refractivity contribution in [2.24, 2.45) is 5.92 Å². The third kappa shape index (κ3) is 3.42. The zero-order valence-electron chi connectivity index (χ0n) is 8.89. The monoisotopic (exact) mass is 272 g/mol. The van der Waals surface area contributed by atoms with Crippen LogP contribution in [-0.4, -0.2) is 5.78 Å². The summed E-state index contributed by atoms with van der Waals surface area (Å²) < 4.78 is 13.9. The lowest BCUT2D eigenvalue weighted by molar-refractivity contribution is -0.120. The Morgan fingerprint density at radius 3 is 2.73 bits per heavy atom. The molecule has 1 aromatic carbocycles. The first-order valence-electron chi connectivity index (χ1n) is 4.99. The molecule has 1 nitrogen and oxygen atoms in total. The van der Waals surface area contributed by atoms with E-state index in [-0.39, 0.29) is 17.5 Å². The summed E-state index contributed by atoms with van der Waals surface area (Å²) in [5.74, 6) is -0.108. The number of benzene rings is 1. The third-order valence-electron chi connectivity index (χ3n) is 2.54. The van der Waals surface area contributed by atoms with E-state index < -0.39 is 0 Å². The molecule has 0 aliphatic carbocycles. The molecule has 0 spiro atoms. The number of ketones is 1. The predicted octanol–water partition coefficient (Wildman–Crippen LogP) is 3.75. The summed E-state index contributed by atoms with van der Waals surface area (Å²) in [7, 11) is 0. The molecule has 0 bridgehead atoms. The van der Waals surface area contributed by atoms with Crippen LogP contribution in [0.3, 0.4) is 0 Å². The Morgan fingerprint density at radius 1 is 1.53 bits per heavy atom. The molecule has 0 aromatic heterocycles. The van der Waals surface area contributed by atoms with Crippen LogP contribution in [0.15, 0.2) is 22.7 Å². The van der Waals surface area contributed by atoms with Crippen LogP contribution >= 0.6 is 15.9 Å². The van der Waals surface area contributed by atoms with Crippen LogP contribution in [0.4, 0.5) is 4.39 Å². The highest BCUT2D eigenvalue weighted by Crippen LogP contribution is 2.22. The highest BCUT2D eigenvalue weighted by atomic mass is 79.9. The number of Topliss-reactive ketones (excluding diaryl/α,β-unsaturated/α-hetero) is 1. The second-order valence-electron chi connectivity index (χ2n) is 3.66. The van der Waals surface area contributed by atoms with Gasteiger partial charge in [0.25, 0.3) is 0 Å². The van der Waals surface area contributed by atoms with E-state index in [2.05, 4.69) is 15.9 Å². The summed E-state index contributed by atoms with van der Waals surface area (Å²) in [6.45, 7) is 3.56. The van der Waals surface area contributed by atoms with Gasteiger partial charge < -0.3 is 0 Å². The number of hydrogen-bond donors (Lipinski definition) is 0. The largest absolute Gasteiger partial charge is 0.300 e. The van der Waals surface area contributed by atoms with Gasteiger partial charge in [0, 0.05) is 10.4 Å². The molecule has 1 unspecified atom stereocenters. The molecular weight excluding hydrogens is 259 g/mol. The minimum absolute atomic E-state index is 0.0110. The number of carbonyl (C=O) groups is 1. The van der Waals surface area contributed by atoms with Gasteiger partial charge in [-0.05, 0) is 43.5 Å². The average Bonchev–Trinajstić information content (AvgIpc) is 2.18. The van der Waals surface area contributed by atoms with E-state index in [9.17, 15) is 9.18 Å². The molecule has 0 fully saturated rings. The second kappa shape index (κ2) is 5.40. The van der Waals surface area contributed by atoms with Gasteiger partial charge in [0.05, 0.1) is 0 Å². The standard InChI is InChI=1S/C12H14BrFO/c1-3-9(8(2)15)6-10-7-11(14)4-5-12(10)13/h4-5,7,9H,3,6H2,1-2H3. The van der Waals surface area contributed by atoms with Gasteiger partial charge in [0.1, 0.15) is 11.6 Å². The van der Waals surface area contributed by atoms with E-state index in [0.717, 1.165) is 16.5 Å². The molecule has 15 heavy (non-hydrogen) atoms. The first-order valence-corrected chi connectivity index (χ1v) is 5.78. The maximum atomic E-state index is 13.0. The van der Waals surface area contributed by atoms with Crippen molar-refractivity contribution in [1.82, 2.24) is 0 Å². The first kappa shape index (κ1) is 12.4. The maximum absolute atomic E-state index is 13.0. The average molecular weight is 273 g/mol. The summed E-state index contributed by atoms with van der Waals surface area (Å²) in [6, 6.07) is 4.56. The summed E-state index contributed by atoms with van der Waals surface area (Å²) in [5, 5.41) is 0. The second-order valence-corrected chi connectivity index (χ2v) is 4.51. The van der Waals surface area contributed by atoms with Gasteiger partial charge in [-0.2, -0.15) is 0 Å². The van der Waals surface area contributed by atoms with Crippen molar-refractivity contribution in [1.29, 1.82) is 0 Å². The molecule has 1 aromatic rings. The van der Waals surface area contributed by atoms with Gasteiger partial charge in [0.15, 0.2) is 0 Å². The van der Waals surface area contributed by atoms with Crippen molar-refractivity contribution >= 4 is 21.7 Å². The molecule has 0 aliphatic rings. The van der Waals surface area contributed by atoms with Crippen LogP contribution in [0, 0.1) is 11.7 Å². The Hall–Kier alpha value is -0.700. The van der Waals surface area contributed by atoms with Gasteiger partial charge in [-0.1, -0.05) is 22.9 Å². The van der Waals surface area contributed by atoms with Crippen molar-refractivity contribution in [3.05, 3.63) is 34.1 Å². The Kier molecular flexibility index (Phi) is 4.45. The normalized spacial score (nSPS) is 12.5. The lowest BCUT2D eigenvalue weighted by Crippen LogP contribution is -2.13. The Labute approximate surface area is 97.8 Å². The fourth-order valence-corrected chi connectivity index (χ4v) is 1.95. The molecule has 0 saturated heterocycles. The molecule has 0 aliphatic heterocycles. The summed E-state index contributed by atoms with van der Waals surface area (Å²) in [4.78, 5) is 11.3. The van der Waals surface area contributed by atoms with Gasteiger partial charge in [-0.25, -0.2) is 4.39 Å². The fraction of sp³-hybridized carbons (Fsp3) is 0.417. The maximum Gasteiger partial charge on any atom is 0.133 e. The molecule has 1 rings (SSSR count). The lowest BCUT2D eigenvalue weighted by atomic mass is 9.94. The van der Waals surface area contributed by atoms with E-state index in [4.69, 9.17) is 0 Å². The van der Waals surface area contributed by atoms with Crippen LogP contribution in [0.1, 0.15) is 25.8 Å². The SMILES string of the molecule is CCC(Cc1cc(F)ccc1Br)C(C)=O. The van der Waals surface area contributed by atoms with Crippen molar-refractivity contribution in [2.75, 3.05) is 0 Å². The van der Waals surface area contributed by atoms with Crippen LogP contribution in [0.5, 0.6) is 0 Å². The molecule has 0 heterocycles. The molecule has 0 saturated carbocycles.